The molecule has 2 aromatic carbocycles. The molecule has 13 heteroatoms. The zero-order valence-corrected chi connectivity index (χ0v) is 24.0. The van der Waals surface area contributed by atoms with Gasteiger partial charge >= 0.3 is 0 Å². The lowest BCUT2D eigenvalue weighted by molar-refractivity contribution is 0.229. The van der Waals surface area contributed by atoms with Gasteiger partial charge in [-0.3, -0.25) is 57.0 Å². The van der Waals surface area contributed by atoms with Crippen molar-refractivity contribution in [2.75, 3.05) is 0 Å². The summed E-state index contributed by atoms with van der Waals surface area (Å²) < 4.78 is 3.25. The van der Waals surface area contributed by atoms with Crippen LogP contribution < -0.4 is 50.2 Å². The largest absolute Gasteiger partial charge is 0.326 e. The van der Waals surface area contributed by atoms with Crippen LogP contribution in [0.5, 0.6) is 0 Å². The molecule has 4 aromatic heterocycles. The van der Waals surface area contributed by atoms with Crippen molar-refractivity contribution in [3.63, 3.8) is 0 Å². The standard InChI is InChI=1S/C32H27N5O8/c33-21-5-1-2-6-22(21)35-27(40)17-11-19-20(12-18(17)28(35)41)32(45)37(31(19)44)24-8-4-3-7-23(24)36-29(42)15-9-13-14(10-16(15)30(36)43)26(39)34-25(13)38/h9-12,21-24H,1-8,33H2,(H,34,38,39)/t21?,22-,23-,24-/m1/s1. The molecule has 8 rings (SSSR count). The van der Waals surface area contributed by atoms with Crippen molar-refractivity contribution < 1.29 is 0 Å². The average molecular weight is 610 g/mol. The first-order valence-electron chi connectivity index (χ1n) is 15.2. The van der Waals surface area contributed by atoms with E-state index in [4.69, 9.17) is 5.73 Å². The maximum absolute atomic E-state index is 13.9. The van der Waals surface area contributed by atoms with Crippen molar-refractivity contribution in [1.29, 1.82) is 0 Å². The summed E-state index contributed by atoms with van der Waals surface area (Å²) in [6.45, 7) is 0. The summed E-state index contributed by atoms with van der Waals surface area (Å²) >= 11 is 0. The summed E-state index contributed by atoms with van der Waals surface area (Å²) in [6, 6.07) is 2.57. The van der Waals surface area contributed by atoms with Gasteiger partial charge < -0.3 is 5.73 Å². The van der Waals surface area contributed by atoms with E-state index in [-0.39, 0.29) is 49.1 Å². The average Bonchev–Trinajstić information content (AvgIpc) is 3.64. The molecule has 4 atom stereocenters. The molecular weight excluding hydrogens is 582 g/mol. The smallest absolute Gasteiger partial charge is 0.261 e. The Balaban J connectivity index is 1.30. The molecule has 1 unspecified atom stereocenters. The van der Waals surface area contributed by atoms with E-state index in [1.54, 1.807) is 0 Å². The van der Waals surface area contributed by atoms with Crippen molar-refractivity contribution in [3.8, 4) is 0 Å². The number of fused-ring (bicyclic) bond motifs is 4. The summed E-state index contributed by atoms with van der Waals surface area (Å²) in [5.41, 5.74) is 1.18. The van der Waals surface area contributed by atoms with Gasteiger partial charge in [0.25, 0.3) is 44.5 Å². The fraction of sp³-hybridized carbons (Fsp3) is 0.375. The quantitative estimate of drug-likeness (QED) is 0.287. The van der Waals surface area contributed by atoms with Gasteiger partial charge in [-0.05, 0) is 49.9 Å². The molecule has 2 aliphatic rings. The Labute approximate surface area is 250 Å². The zero-order chi connectivity index (χ0) is 31.5. The lowest BCUT2D eigenvalue weighted by Gasteiger charge is -2.31. The Morgan fingerprint density at radius 1 is 0.444 bits per heavy atom. The van der Waals surface area contributed by atoms with E-state index in [1.807, 2.05) is 0 Å². The van der Waals surface area contributed by atoms with Crippen LogP contribution in [-0.2, 0) is 0 Å². The molecule has 13 nitrogen and oxygen atoms in total. The number of nitrogens with zero attached hydrogens (tertiary/aromatic N) is 3. The highest BCUT2D eigenvalue weighted by atomic mass is 16.2. The molecule has 2 fully saturated rings. The fourth-order valence-electron chi connectivity index (χ4n) is 7.99. The van der Waals surface area contributed by atoms with Crippen molar-refractivity contribution >= 4 is 43.1 Å². The first-order chi connectivity index (χ1) is 21.6. The van der Waals surface area contributed by atoms with Crippen LogP contribution in [0.15, 0.2) is 62.6 Å². The molecule has 2 saturated carbocycles. The number of H-pyrrole nitrogens is 1. The number of aromatic amines is 1. The third kappa shape index (κ3) is 3.64. The van der Waals surface area contributed by atoms with Crippen LogP contribution in [0.1, 0.15) is 69.5 Å². The van der Waals surface area contributed by atoms with E-state index in [0.29, 0.717) is 38.5 Å². The van der Waals surface area contributed by atoms with Gasteiger partial charge in [0.05, 0.1) is 61.2 Å². The summed E-state index contributed by atoms with van der Waals surface area (Å²) in [5, 5.41) is 0.0342. The Bertz CT molecular complexity index is 2520. The normalized spacial score (nSPS) is 22.8. The van der Waals surface area contributed by atoms with Crippen LogP contribution in [0, 0.1) is 0 Å². The van der Waals surface area contributed by atoms with Gasteiger partial charge in [-0.2, -0.15) is 0 Å². The van der Waals surface area contributed by atoms with E-state index in [9.17, 15) is 38.4 Å². The van der Waals surface area contributed by atoms with Gasteiger partial charge in [-0.25, -0.2) is 0 Å². The summed E-state index contributed by atoms with van der Waals surface area (Å²) in [4.78, 5) is 109. The van der Waals surface area contributed by atoms with Crippen molar-refractivity contribution in [2.45, 2.75) is 75.5 Å². The summed E-state index contributed by atoms with van der Waals surface area (Å²) in [7, 11) is 0. The maximum atomic E-state index is 13.9. The number of hydrogen-bond donors (Lipinski definition) is 2. The molecule has 228 valence electrons. The number of nitrogens with two attached hydrogens (primary N) is 1. The van der Waals surface area contributed by atoms with Crippen molar-refractivity contribution in [1.82, 2.24) is 18.7 Å². The van der Waals surface area contributed by atoms with E-state index in [1.165, 1.54) is 28.8 Å². The molecule has 4 heterocycles. The third-order valence-electron chi connectivity index (χ3n) is 10.2. The van der Waals surface area contributed by atoms with E-state index >= 15 is 0 Å². The fourth-order valence-corrected chi connectivity index (χ4v) is 7.99. The Hall–Kier alpha value is -5.04. The molecule has 0 bridgehead atoms. The summed E-state index contributed by atoms with van der Waals surface area (Å²) in [6.07, 6.45) is 4.93. The molecule has 0 spiro atoms. The highest BCUT2D eigenvalue weighted by Crippen LogP contribution is 2.36. The molecule has 6 aromatic rings. The van der Waals surface area contributed by atoms with Crippen molar-refractivity contribution in [3.05, 3.63) is 107 Å². The Morgan fingerprint density at radius 2 is 0.733 bits per heavy atom. The Morgan fingerprint density at radius 3 is 1.09 bits per heavy atom. The van der Waals surface area contributed by atoms with Gasteiger partial charge in [0.15, 0.2) is 0 Å². The highest BCUT2D eigenvalue weighted by Gasteiger charge is 2.35. The second kappa shape index (κ2) is 9.48. The number of benzene rings is 2. The molecular formula is C32H27N5O8. The SMILES string of the molecule is NC1CCCC[C@H]1n1c(=O)c2cc3c(=O)n([C@@H]4CCCC[C@H]4n4c(=O)c5cc6c(=O)[nH]c(=O)c6cc5c4=O)c(=O)c3cc2c1=O. The van der Waals surface area contributed by atoms with Crippen LogP contribution in [-0.4, -0.2) is 24.7 Å². The number of aromatic nitrogens is 4. The first-order valence-corrected chi connectivity index (χ1v) is 15.2. The molecule has 0 saturated heterocycles. The number of nitrogens with one attached hydrogen (secondary N) is 1. The Kier molecular flexibility index (Phi) is 5.79. The minimum atomic E-state index is -0.858. The first kappa shape index (κ1) is 27.5. The molecule has 0 aliphatic heterocycles. The van der Waals surface area contributed by atoms with Crippen LogP contribution >= 0.6 is 0 Å². The highest BCUT2D eigenvalue weighted by molar-refractivity contribution is 5.98. The second-order valence-electron chi connectivity index (χ2n) is 12.5. The molecule has 3 N–H and O–H groups in total. The topological polar surface area (TPSA) is 193 Å². The second-order valence-corrected chi connectivity index (χ2v) is 12.5. The molecule has 45 heavy (non-hydrogen) atoms. The predicted molar refractivity (Wildman–Crippen MR) is 168 cm³/mol. The zero-order valence-electron chi connectivity index (χ0n) is 24.0. The minimum Gasteiger partial charge on any atom is -0.326 e. The lowest BCUT2D eigenvalue weighted by Crippen LogP contribution is -2.42. The van der Waals surface area contributed by atoms with Gasteiger partial charge in [-0.15, -0.1) is 0 Å². The van der Waals surface area contributed by atoms with Crippen LogP contribution in [0.3, 0.4) is 0 Å². The maximum Gasteiger partial charge on any atom is 0.261 e. The van der Waals surface area contributed by atoms with Crippen LogP contribution in [0.25, 0.3) is 43.1 Å². The predicted octanol–water partition coefficient (Wildman–Crippen LogP) is 0.464. The van der Waals surface area contributed by atoms with E-state index in [0.717, 1.165) is 22.0 Å². The number of hydrogen-bond acceptors (Lipinski definition) is 9. The van der Waals surface area contributed by atoms with Crippen LogP contribution in [0.4, 0.5) is 0 Å². The minimum absolute atomic E-state index is 0.00321. The van der Waals surface area contributed by atoms with E-state index < -0.39 is 62.6 Å². The van der Waals surface area contributed by atoms with Crippen molar-refractivity contribution in [2.24, 2.45) is 5.73 Å². The van der Waals surface area contributed by atoms with Gasteiger partial charge in [0, 0.05) is 6.04 Å². The third-order valence-corrected chi connectivity index (χ3v) is 10.2. The molecule has 0 amide bonds. The molecule has 2 aliphatic carbocycles. The van der Waals surface area contributed by atoms with Gasteiger partial charge in [-0.1, -0.05) is 25.7 Å². The summed E-state index contributed by atoms with van der Waals surface area (Å²) in [5.74, 6) is 0. The number of rotatable bonds is 3. The van der Waals surface area contributed by atoms with E-state index in [2.05, 4.69) is 4.98 Å². The monoisotopic (exact) mass is 609 g/mol. The van der Waals surface area contributed by atoms with Gasteiger partial charge in [0.2, 0.25) is 0 Å². The molecule has 0 radical (unpaired) electrons. The lowest BCUT2D eigenvalue weighted by atomic mass is 9.90. The van der Waals surface area contributed by atoms with Gasteiger partial charge in [0.1, 0.15) is 0 Å². The van der Waals surface area contributed by atoms with Crippen LogP contribution in [0.2, 0.25) is 0 Å².